The van der Waals surface area contributed by atoms with E-state index in [1.165, 1.54) is 16.8 Å². The largest absolute Gasteiger partial charge is 0.491 e. The van der Waals surface area contributed by atoms with Crippen LogP contribution < -0.4 is 10.1 Å². The maximum absolute atomic E-state index is 5.93. The van der Waals surface area contributed by atoms with E-state index < -0.39 is 0 Å². The van der Waals surface area contributed by atoms with Gasteiger partial charge in [0, 0.05) is 17.8 Å². The molecule has 1 aromatic carbocycles. The Bertz CT molecular complexity index is 590. The monoisotopic (exact) mass is 287 g/mol. The van der Waals surface area contributed by atoms with E-state index in [4.69, 9.17) is 4.74 Å². The Morgan fingerprint density at radius 3 is 2.67 bits per heavy atom. The summed E-state index contributed by atoms with van der Waals surface area (Å²) in [5.41, 5.74) is 4.92. The maximum Gasteiger partial charge on any atom is 0.123 e. The van der Waals surface area contributed by atoms with Crippen LogP contribution in [0.25, 0.3) is 0 Å². The molecule has 1 heterocycles. The standard InChI is InChI=1S/C17H25N3O/c1-5-16-13(2)19-20(14(16)3)10-11-21-17-9-7-6-8-15(17)12-18-4/h6-9,18H,5,10-12H2,1-4H3. The van der Waals surface area contributed by atoms with Crippen molar-refractivity contribution in [3.05, 3.63) is 46.8 Å². The number of aryl methyl sites for hydroxylation is 1. The van der Waals surface area contributed by atoms with Crippen LogP contribution in [0.4, 0.5) is 0 Å². The fraction of sp³-hybridized carbons (Fsp3) is 0.471. The zero-order valence-corrected chi connectivity index (χ0v) is 13.4. The van der Waals surface area contributed by atoms with Crippen molar-refractivity contribution in [1.82, 2.24) is 15.1 Å². The van der Waals surface area contributed by atoms with E-state index in [0.29, 0.717) is 6.61 Å². The number of benzene rings is 1. The van der Waals surface area contributed by atoms with Gasteiger partial charge in [0.15, 0.2) is 0 Å². The SMILES string of the molecule is CCc1c(C)nn(CCOc2ccccc2CNC)c1C. The van der Waals surface area contributed by atoms with Crippen LogP contribution in [0.3, 0.4) is 0 Å². The highest BCUT2D eigenvalue weighted by molar-refractivity contribution is 5.33. The van der Waals surface area contributed by atoms with Gasteiger partial charge >= 0.3 is 0 Å². The summed E-state index contributed by atoms with van der Waals surface area (Å²) in [5.74, 6) is 0.948. The Balaban J connectivity index is 1.99. The lowest BCUT2D eigenvalue weighted by Gasteiger charge is -2.12. The molecule has 0 atom stereocenters. The zero-order valence-electron chi connectivity index (χ0n) is 13.4. The van der Waals surface area contributed by atoms with Gasteiger partial charge in [-0.3, -0.25) is 4.68 Å². The molecule has 0 spiro atoms. The summed E-state index contributed by atoms with van der Waals surface area (Å²) in [7, 11) is 1.94. The number of para-hydroxylation sites is 1. The number of nitrogens with zero attached hydrogens (tertiary/aromatic N) is 2. The third-order valence-corrected chi connectivity index (χ3v) is 3.79. The average Bonchev–Trinajstić information content (AvgIpc) is 2.75. The van der Waals surface area contributed by atoms with Crippen molar-refractivity contribution in [3.63, 3.8) is 0 Å². The molecule has 0 unspecified atom stereocenters. The number of aromatic nitrogens is 2. The van der Waals surface area contributed by atoms with E-state index in [9.17, 15) is 0 Å². The highest BCUT2D eigenvalue weighted by atomic mass is 16.5. The summed E-state index contributed by atoms with van der Waals surface area (Å²) >= 11 is 0. The van der Waals surface area contributed by atoms with E-state index in [1.54, 1.807) is 0 Å². The zero-order chi connectivity index (χ0) is 15.2. The first-order valence-electron chi connectivity index (χ1n) is 7.55. The van der Waals surface area contributed by atoms with Gasteiger partial charge in [-0.2, -0.15) is 5.10 Å². The maximum atomic E-state index is 5.93. The minimum atomic E-state index is 0.631. The molecule has 0 amide bonds. The van der Waals surface area contributed by atoms with E-state index >= 15 is 0 Å². The molecule has 0 aliphatic heterocycles. The van der Waals surface area contributed by atoms with Gasteiger partial charge in [0.25, 0.3) is 0 Å². The van der Waals surface area contributed by atoms with Gasteiger partial charge in [-0.15, -0.1) is 0 Å². The van der Waals surface area contributed by atoms with Crippen LogP contribution in [-0.2, 0) is 19.5 Å². The third kappa shape index (κ3) is 3.64. The molecule has 0 aliphatic rings. The van der Waals surface area contributed by atoms with E-state index in [2.05, 4.69) is 41.9 Å². The van der Waals surface area contributed by atoms with Crippen LogP contribution in [0.5, 0.6) is 5.75 Å². The normalized spacial score (nSPS) is 10.9. The van der Waals surface area contributed by atoms with Crippen molar-refractivity contribution in [2.24, 2.45) is 0 Å². The summed E-state index contributed by atoms with van der Waals surface area (Å²) in [6.07, 6.45) is 1.03. The van der Waals surface area contributed by atoms with Crippen LogP contribution >= 0.6 is 0 Å². The molecular formula is C17H25N3O. The first-order chi connectivity index (χ1) is 10.2. The van der Waals surface area contributed by atoms with E-state index in [-0.39, 0.29) is 0 Å². The molecule has 2 rings (SSSR count). The van der Waals surface area contributed by atoms with Crippen LogP contribution in [-0.4, -0.2) is 23.4 Å². The van der Waals surface area contributed by atoms with E-state index in [1.807, 2.05) is 25.2 Å². The highest BCUT2D eigenvalue weighted by Gasteiger charge is 2.09. The summed E-state index contributed by atoms with van der Waals surface area (Å²) in [4.78, 5) is 0. The number of ether oxygens (including phenoxy) is 1. The van der Waals surface area contributed by atoms with Crippen molar-refractivity contribution < 1.29 is 4.74 Å². The smallest absolute Gasteiger partial charge is 0.123 e. The summed E-state index contributed by atoms with van der Waals surface area (Å²) in [6, 6.07) is 8.15. The van der Waals surface area contributed by atoms with Gasteiger partial charge < -0.3 is 10.1 Å². The van der Waals surface area contributed by atoms with Crippen molar-refractivity contribution >= 4 is 0 Å². The molecule has 1 aromatic heterocycles. The second-order valence-electron chi connectivity index (χ2n) is 5.21. The molecule has 2 aromatic rings. The third-order valence-electron chi connectivity index (χ3n) is 3.79. The first kappa shape index (κ1) is 15.6. The van der Waals surface area contributed by atoms with Crippen LogP contribution in [0.2, 0.25) is 0 Å². The molecule has 0 radical (unpaired) electrons. The Morgan fingerprint density at radius 1 is 1.24 bits per heavy atom. The Morgan fingerprint density at radius 2 is 2.00 bits per heavy atom. The van der Waals surface area contributed by atoms with Gasteiger partial charge in [-0.1, -0.05) is 25.1 Å². The Kier molecular flexibility index (Phi) is 5.39. The quantitative estimate of drug-likeness (QED) is 0.851. The number of rotatable bonds is 7. The molecule has 0 saturated carbocycles. The topological polar surface area (TPSA) is 39.1 Å². The van der Waals surface area contributed by atoms with Gasteiger partial charge in [0.1, 0.15) is 12.4 Å². The number of hydrogen-bond acceptors (Lipinski definition) is 3. The Labute approximate surface area is 127 Å². The molecular weight excluding hydrogens is 262 g/mol. The van der Waals surface area contributed by atoms with Gasteiger partial charge in [0.05, 0.1) is 12.2 Å². The minimum absolute atomic E-state index is 0.631. The predicted octanol–water partition coefficient (Wildman–Crippen LogP) is 2.86. The highest BCUT2D eigenvalue weighted by Crippen LogP contribution is 2.18. The Hall–Kier alpha value is -1.81. The molecule has 0 bridgehead atoms. The minimum Gasteiger partial charge on any atom is -0.491 e. The molecule has 4 nitrogen and oxygen atoms in total. The summed E-state index contributed by atoms with van der Waals surface area (Å²) in [6.45, 7) is 8.60. The fourth-order valence-electron chi connectivity index (χ4n) is 2.69. The van der Waals surface area contributed by atoms with Crippen molar-refractivity contribution in [1.29, 1.82) is 0 Å². The first-order valence-corrected chi connectivity index (χ1v) is 7.55. The van der Waals surface area contributed by atoms with Crippen LogP contribution in [0.1, 0.15) is 29.4 Å². The van der Waals surface area contributed by atoms with Crippen molar-refractivity contribution in [2.75, 3.05) is 13.7 Å². The molecule has 0 aliphatic carbocycles. The van der Waals surface area contributed by atoms with Gasteiger partial charge in [-0.25, -0.2) is 0 Å². The molecule has 114 valence electrons. The van der Waals surface area contributed by atoms with Crippen LogP contribution in [0.15, 0.2) is 24.3 Å². The fourth-order valence-corrected chi connectivity index (χ4v) is 2.69. The van der Waals surface area contributed by atoms with Gasteiger partial charge in [0.2, 0.25) is 0 Å². The molecule has 21 heavy (non-hydrogen) atoms. The number of hydrogen-bond donors (Lipinski definition) is 1. The summed E-state index contributed by atoms with van der Waals surface area (Å²) in [5, 5.41) is 7.76. The molecule has 4 heteroatoms. The van der Waals surface area contributed by atoms with Crippen LogP contribution in [0, 0.1) is 13.8 Å². The number of nitrogens with one attached hydrogen (secondary N) is 1. The lowest BCUT2D eigenvalue weighted by Crippen LogP contribution is -2.13. The lowest BCUT2D eigenvalue weighted by molar-refractivity contribution is 0.286. The van der Waals surface area contributed by atoms with E-state index in [0.717, 1.165) is 31.0 Å². The van der Waals surface area contributed by atoms with Crippen molar-refractivity contribution in [2.45, 2.75) is 40.3 Å². The summed E-state index contributed by atoms with van der Waals surface area (Å²) < 4.78 is 7.98. The second kappa shape index (κ2) is 7.27. The predicted molar refractivity (Wildman–Crippen MR) is 85.8 cm³/mol. The molecule has 0 fully saturated rings. The van der Waals surface area contributed by atoms with Gasteiger partial charge in [-0.05, 0) is 38.9 Å². The molecule has 0 saturated heterocycles. The second-order valence-corrected chi connectivity index (χ2v) is 5.21. The average molecular weight is 287 g/mol. The lowest BCUT2D eigenvalue weighted by atomic mass is 10.1. The molecule has 1 N–H and O–H groups in total. The van der Waals surface area contributed by atoms with Crippen molar-refractivity contribution in [3.8, 4) is 5.75 Å².